The number of likely N-dealkylation sites (N-methyl/N-ethyl adjacent to an activating group) is 1. The lowest BCUT2D eigenvalue weighted by Crippen LogP contribution is -2.45. The van der Waals surface area contributed by atoms with Crippen LogP contribution in [0.3, 0.4) is 0 Å². The molecule has 0 spiro atoms. The lowest BCUT2D eigenvalue weighted by Gasteiger charge is -2.33. The fourth-order valence-corrected chi connectivity index (χ4v) is 5.45. The Morgan fingerprint density at radius 2 is 1.82 bits per heavy atom. The molecule has 1 aliphatic carbocycles. The van der Waals surface area contributed by atoms with Crippen LogP contribution in [0.4, 0.5) is 5.69 Å². The number of para-hydroxylation sites is 1. The zero-order chi connectivity index (χ0) is 19.7. The minimum atomic E-state index is -0.719. The zero-order valence-corrected chi connectivity index (χ0v) is 16.7. The van der Waals surface area contributed by atoms with E-state index in [0.717, 1.165) is 12.2 Å². The van der Waals surface area contributed by atoms with Crippen molar-refractivity contribution in [3.05, 3.63) is 30.3 Å². The molecule has 2 heterocycles. The van der Waals surface area contributed by atoms with Crippen LogP contribution in [-0.4, -0.2) is 72.6 Å². The van der Waals surface area contributed by atoms with Crippen molar-refractivity contribution < 1.29 is 14.7 Å². The highest BCUT2D eigenvalue weighted by Gasteiger charge is 2.58. The van der Waals surface area contributed by atoms with E-state index in [2.05, 4.69) is 9.80 Å². The Labute approximate surface area is 167 Å². The Balaban J connectivity index is 1.40. The van der Waals surface area contributed by atoms with E-state index in [1.807, 2.05) is 30.3 Å². The Morgan fingerprint density at radius 3 is 2.46 bits per heavy atom. The lowest BCUT2D eigenvalue weighted by atomic mass is 9.81. The van der Waals surface area contributed by atoms with E-state index in [1.54, 1.807) is 11.9 Å². The van der Waals surface area contributed by atoms with Gasteiger partial charge < -0.3 is 10.0 Å². The molecule has 6 heteroatoms. The molecule has 1 amide bonds. The second kappa shape index (κ2) is 7.84. The van der Waals surface area contributed by atoms with E-state index in [1.165, 1.54) is 32.1 Å². The minimum absolute atomic E-state index is 0.0100. The first-order valence-corrected chi connectivity index (χ1v) is 10.5. The van der Waals surface area contributed by atoms with Crippen LogP contribution in [-0.2, 0) is 9.59 Å². The van der Waals surface area contributed by atoms with Gasteiger partial charge in [0.25, 0.3) is 0 Å². The van der Waals surface area contributed by atoms with Gasteiger partial charge in [-0.05, 0) is 25.0 Å². The molecule has 2 aliphatic heterocycles. The van der Waals surface area contributed by atoms with Crippen molar-refractivity contribution >= 4 is 17.6 Å². The molecular formula is C22H31N3O3. The van der Waals surface area contributed by atoms with Gasteiger partial charge in [0.15, 0.2) is 0 Å². The van der Waals surface area contributed by atoms with Crippen LogP contribution in [0.25, 0.3) is 0 Å². The second-order valence-electron chi connectivity index (χ2n) is 8.84. The molecule has 2 atom stereocenters. The molecule has 0 radical (unpaired) electrons. The number of likely N-dealkylation sites (tertiary alicyclic amines) is 2. The molecule has 1 saturated carbocycles. The number of hydrogen-bond acceptors (Lipinski definition) is 4. The predicted octanol–water partition coefficient (Wildman–Crippen LogP) is 2.30. The highest BCUT2D eigenvalue weighted by atomic mass is 16.4. The van der Waals surface area contributed by atoms with Crippen molar-refractivity contribution in [2.45, 2.75) is 38.1 Å². The molecule has 1 N–H and O–H groups in total. The Morgan fingerprint density at radius 1 is 1.11 bits per heavy atom. The number of fused-ring (bicyclic) bond motifs is 1. The summed E-state index contributed by atoms with van der Waals surface area (Å²) in [6.07, 6.45) is 6.23. The first-order valence-electron chi connectivity index (χ1n) is 10.5. The molecule has 28 heavy (non-hydrogen) atoms. The number of carbonyl (C=O) groups excluding carboxylic acids is 1. The normalized spacial score (nSPS) is 29.0. The summed E-state index contributed by atoms with van der Waals surface area (Å²) < 4.78 is 0. The summed E-state index contributed by atoms with van der Waals surface area (Å²) in [6, 6.07) is 10.1. The second-order valence-corrected chi connectivity index (χ2v) is 8.84. The van der Waals surface area contributed by atoms with E-state index in [-0.39, 0.29) is 18.4 Å². The molecule has 1 aromatic rings. The number of rotatable bonds is 5. The number of carboxylic acids is 1. The number of nitrogens with zero attached hydrogens (tertiary/aromatic N) is 3. The van der Waals surface area contributed by atoms with Crippen LogP contribution in [0.2, 0.25) is 0 Å². The van der Waals surface area contributed by atoms with Gasteiger partial charge in [0, 0.05) is 50.9 Å². The lowest BCUT2D eigenvalue weighted by molar-refractivity contribution is -0.149. The molecule has 6 nitrogen and oxygen atoms in total. The van der Waals surface area contributed by atoms with Gasteiger partial charge in [0.1, 0.15) is 0 Å². The van der Waals surface area contributed by atoms with Crippen molar-refractivity contribution in [2.75, 3.05) is 44.7 Å². The largest absolute Gasteiger partial charge is 0.481 e. The number of hydrogen-bond donors (Lipinski definition) is 1. The smallest absolute Gasteiger partial charge is 0.312 e. The van der Waals surface area contributed by atoms with E-state index in [4.69, 9.17) is 0 Å². The molecule has 0 bridgehead atoms. The number of anilines is 1. The summed E-state index contributed by atoms with van der Waals surface area (Å²) in [5.74, 6) is -0.570. The fourth-order valence-electron chi connectivity index (χ4n) is 5.45. The van der Waals surface area contributed by atoms with Gasteiger partial charge in [0.2, 0.25) is 5.91 Å². The topological polar surface area (TPSA) is 64.1 Å². The molecule has 3 fully saturated rings. The summed E-state index contributed by atoms with van der Waals surface area (Å²) >= 11 is 0. The van der Waals surface area contributed by atoms with Crippen LogP contribution < -0.4 is 4.90 Å². The van der Waals surface area contributed by atoms with Crippen molar-refractivity contribution in [3.63, 3.8) is 0 Å². The average molecular weight is 386 g/mol. The summed E-state index contributed by atoms with van der Waals surface area (Å²) in [5.41, 5.74) is 0.145. The van der Waals surface area contributed by atoms with Gasteiger partial charge in [-0.3, -0.25) is 19.4 Å². The maximum absolute atomic E-state index is 12.7. The van der Waals surface area contributed by atoms with Crippen molar-refractivity contribution in [1.29, 1.82) is 0 Å². The van der Waals surface area contributed by atoms with Gasteiger partial charge >= 0.3 is 5.97 Å². The van der Waals surface area contributed by atoms with Crippen LogP contribution >= 0.6 is 0 Å². The highest BCUT2D eigenvalue weighted by Crippen LogP contribution is 2.44. The number of amides is 1. The third kappa shape index (κ3) is 3.55. The Bertz CT molecular complexity index is 719. The van der Waals surface area contributed by atoms with Crippen LogP contribution in [0, 0.1) is 11.3 Å². The molecule has 4 rings (SSSR count). The van der Waals surface area contributed by atoms with Crippen molar-refractivity contribution in [1.82, 2.24) is 9.80 Å². The van der Waals surface area contributed by atoms with Crippen LogP contribution in [0.15, 0.2) is 30.3 Å². The van der Waals surface area contributed by atoms with E-state index < -0.39 is 11.4 Å². The zero-order valence-electron chi connectivity index (χ0n) is 16.7. The van der Waals surface area contributed by atoms with Gasteiger partial charge in [-0.1, -0.05) is 37.5 Å². The third-order valence-electron chi connectivity index (χ3n) is 7.10. The van der Waals surface area contributed by atoms with Crippen molar-refractivity contribution in [2.24, 2.45) is 11.3 Å². The maximum atomic E-state index is 12.7. The standard InChI is InChI=1S/C22H31N3O3/c1-23(18-8-4-2-5-9-18)20(26)14-24-12-17-13-25(19-10-6-3-7-11-19)16-22(17,15-24)21(27)28/h2,4-5,8-9,17,19H,3,6-7,10-16H2,1H3,(H,27,28)/t17-,22-/m0/s1. The van der Waals surface area contributed by atoms with Gasteiger partial charge in [-0.25, -0.2) is 0 Å². The average Bonchev–Trinajstić information content (AvgIpc) is 3.24. The molecule has 152 valence electrons. The minimum Gasteiger partial charge on any atom is -0.481 e. The van der Waals surface area contributed by atoms with E-state index in [9.17, 15) is 14.7 Å². The first-order chi connectivity index (χ1) is 13.5. The monoisotopic (exact) mass is 385 g/mol. The SMILES string of the molecule is CN(C(=O)CN1C[C@H]2CN(C3CCCCC3)C[C@@]2(C(=O)O)C1)c1ccccc1. The summed E-state index contributed by atoms with van der Waals surface area (Å²) in [6.45, 7) is 2.95. The van der Waals surface area contributed by atoms with Gasteiger partial charge in [-0.15, -0.1) is 0 Å². The van der Waals surface area contributed by atoms with Gasteiger partial charge in [-0.2, -0.15) is 0 Å². The molecule has 1 aromatic carbocycles. The number of carboxylic acid groups (broad SMARTS) is 1. The van der Waals surface area contributed by atoms with Crippen LogP contribution in [0.1, 0.15) is 32.1 Å². The summed E-state index contributed by atoms with van der Waals surface area (Å²) in [5, 5.41) is 10.1. The Kier molecular flexibility index (Phi) is 5.43. The maximum Gasteiger partial charge on any atom is 0.312 e. The molecule has 0 unspecified atom stereocenters. The highest BCUT2D eigenvalue weighted by molar-refractivity contribution is 5.94. The van der Waals surface area contributed by atoms with E-state index >= 15 is 0 Å². The molecule has 0 aromatic heterocycles. The van der Waals surface area contributed by atoms with Gasteiger partial charge in [0.05, 0.1) is 12.0 Å². The number of benzene rings is 1. The summed E-state index contributed by atoms with van der Waals surface area (Å²) in [7, 11) is 1.78. The Hall–Kier alpha value is -1.92. The summed E-state index contributed by atoms with van der Waals surface area (Å²) in [4.78, 5) is 31.2. The first kappa shape index (κ1) is 19.4. The number of carbonyl (C=O) groups is 2. The quantitative estimate of drug-likeness (QED) is 0.843. The molecule has 2 saturated heterocycles. The predicted molar refractivity (Wildman–Crippen MR) is 108 cm³/mol. The number of aliphatic carboxylic acids is 1. The third-order valence-corrected chi connectivity index (χ3v) is 7.10. The van der Waals surface area contributed by atoms with Crippen molar-refractivity contribution in [3.8, 4) is 0 Å². The van der Waals surface area contributed by atoms with Crippen LogP contribution in [0.5, 0.6) is 0 Å². The molecular weight excluding hydrogens is 354 g/mol. The van der Waals surface area contributed by atoms with E-state index in [0.29, 0.717) is 25.7 Å². The fraction of sp³-hybridized carbons (Fsp3) is 0.636. The molecule has 3 aliphatic rings.